The molecule has 1 saturated heterocycles. The van der Waals surface area contributed by atoms with E-state index in [0.29, 0.717) is 0 Å². The summed E-state index contributed by atoms with van der Waals surface area (Å²) in [6.45, 7) is 2.60. The number of nitrogens with zero attached hydrogens (tertiary/aromatic N) is 1. The number of hydrogen-bond acceptors (Lipinski definition) is 2. The minimum atomic E-state index is 0.762. The molecule has 1 fully saturated rings. The van der Waals surface area contributed by atoms with E-state index in [2.05, 4.69) is 23.1 Å². The quantitative estimate of drug-likeness (QED) is 0.753. The Hall–Kier alpha value is -1.02. The van der Waals surface area contributed by atoms with Gasteiger partial charge in [0.25, 0.3) is 0 Å². The van der Waals surface area contributed by atoms with Gasteiger partial charge in [-0.25, -0.2) is 0 Å². The maximum absolute atomic E-state index is 5.47. The van der Waals surface area contributed by atoms with E-state index >= 15 is 0 Å². The largest absolute Gasteiger partial charge is 0.496 e. The van der Waals surface area contributed by atoms with Gasteiger partial charge < -0.3 is 4.74 Å². The maximum atomic E-state index is 5.47. The highest BCUT2D eigenvalue weighted by Crippen LogP contribution is 2.32. The summed E-state index contributed by atoms with van der Waals surface area (Å²) < 4.78 is 5.47. The normalized spacial score (nSPS) is 24.7. The van der Waals surface area contributed by atoms with Crippen LogP contribution in [0.15, 0.2) is 18.2 Å². The summed E-state index contributed by atoms with van der Waals surface area (Å²) in [5.74, 6) is 1.09. The van der Waals surface area contributed by atoms with Crippen LogP contribution in [-0.2, 0) is 12.8 Å². The lowest BCUT2D eigenvalue weighted by Gasteiger charge is -2.41. The van der Waals surface area contributed by atoms with E-state index < -0.39 is 0 Å². The molecule has 2 heteroatoms. The Kier molecular flexibility index (Phi) is 2.60. The predicted molar refractivity (Wildman–Crippen MR) is 65.0 cm³/mol. The van der Waals surface area contributed by atoms with Gasteiger partial charge in [0.05, 0.1) is 7.11 Å². The number of ether oxygens (including phenoxy) is 1. The van der Waals surface area contributed by atoms with Crippen molar-refractivity contribution in [2.24, 2.45) is 0 Å². The van der Waals surface area contributed by atoms with Crippen molar-refractivity contribution in [3.63, 3.8) is 0 Å². The van der Waals surface area contributed by atoms with Crippen LogP contribution in [0.4, 0.5) is 0 Å². The fraction of sp³-hybridized carbons (Fsp3) is 0.571. The van der Waals surface area contributed by atoms with Crippen molar-refractivity contribution < 1.29 is 4.74 Å². The molecule has 1 aromatic rings. The summed E-state index contributed by atoms with van der Waals surface area (Å²) in [5.41, 5.74) is 2.95. The Bertz CT molecular complexity index is 370. The summed E-state index contributed by atoms with van der Waals surface area (Å²) in [6, 6.07) is 7.22. The molecule has 1 heterocycles. The summed E-state index contributed by atoms with van der Waals surface area (Å²) in [7, 11) is 1.78. The molecule has 16 heavy (non-hydrogen) atoms. The van der Waals surface area contributed by atoms with Gasteiger partial charge in [-0.05, 0) is 56.0 Å². The zero-order valence-corrected chi connectivity index (χ0v) is 9.91. The highest BCUT2D eigenvalue weighted by atomic mass is 16.5. The van der Waals surface area contributed by atoms with Crippen molar-refractivity contribution in [3.05, 3.63) is 29.3 Å². The average Bonchev–Trinajstić information content (AvgIpc) is 2.26. The van der Waals surface area contributed by atoms with Crippen molar-refractivity contribution in [1.82, 2.24) is 4.90 Å². The summed E-state index contributed by atoms with van der Waals surface area (Å²) in [5, 5.41) is 0. The predicted octanol–water partition coefficient (Wildman–Crippen LogP) is 2.26. The number of hydrogen-bond donors (Lipinski definition) is 0. The molecule has 0 bridgehead atoms. The first-order chi connectivity index (χ1) is 7.88. The molecule has 0 radical (unpaired) electrons. The molecule has 0 aromatic heterocycles. The van der Waals surface area contributed by atoms with Gasteiger partial charge in [-0.3, -0.25) is 4.90 Å². The van der Waals surface area contributed by atoms with Gasteiger partial charge in [-0.2, -0.15) is 0 Å². The highest BCUT2D eigenvalue weighted by molar-refractivity contribution is 5.42. The smallest absolute Gasteiger partial charge is 0.122 e. The first-order valence-corrected chi connectivity index (χ1v) is 6.27. The van der Waals surface area contributed by atoms with Crippen LogP contribution in [0.2, 0.25) is 0 Å². The Morgan fingerprint density at radius 2 is 2.19 bits per heavy atom. The number of likely N-dealkylation sites (tertiary alicyclic amines) is 1. The van der Waals surface area contributed by atoms with Gasteiger partial charge in [-0.15, -0.1) is 0 Å². The van der Waals surface area contributed by atoms with Gasteiger partial charge >= 0.3 is 0 Å². The molecule has 86 valence electrons. The molecule has 3 rings (SSSR count). The Balaban J connectivity index is 1.85. The third kappa shape index (κ3) is 1.61. The standard InChI is InChI=1S/C14H19NO/c1-16-14-5-2-4-11-6-7-12(10-13(11)14)15-8-3-9-15/h2,4-5,12H,3,6-10H2,1H3. The lowest BCUT2D eigenvalue weighted by Crippen LogP contribution is -2.47. The van der Waals surface area contributed by atoms with E-state index in [1.807, 2.05) is 0 Å². The van der Waals surface area contributed by atoms with Gasteiger partial charge in [0.15, 0.2) is 0 Å². The van der Waals surface area contributed by atoms with Gasteiger partial charge in [0, 0.05) is 6.04 Å². The van der Waals surface area contributed by atoms with E-state index in [0.717, 1.165) is 11.8 Å². The monoisotopic (exact) mass is 217 g/mol. The molecule has 2 aliphatic rings. The third-order valence-electron chi connectivity index (χ3n) is 4.04. The van der Waals surface area contributed by atoms with E-state index in [-0.39, 0.29) is 0 Å². The van der Waals surface area contributed by atoms with Crippen LogP contribution in [0, 0.1) is 0 Å². The number of rotatable bonds is 2. The molecular weight excluding hydrogens is 198 g/mol. The second-order valence-corrected chi connectivity index (χ2v) is 4.88. The molecule has 0 amide bonds. The zero-order chi connectivity index (χ0) is 11.0. The number of benzene rings is 1. The lowest BCUT2D eigenvalue weighted by molar-refractivity contribution is 0.107. The van der Waals surface area contributed by atoms with E-state index in [1.54, 1.807) is 7.11 Å². The Morgan fingerprint density at radius 3 is 2.88 bits per heavy atom. The van der Waals surface area contributed by atoms with Crippen LogP contribution < -0.4 is 4.74 Å². The minimum absolute atomic E-state index is 0.762. The first kappa shape index (κ1) is 10.2. The first-order valence-electron chi connectivity index (χ1n) is 6.27. The Morgan fingerprint density at radius 1 is 1.31 bits per heavy atom. The highest BCUT2D eigenvalue weighted by Gasteiger charge is 2.28. The molecule has 1 unspecified atom stereocenters. The van der Waals surface area contributed by atoms with Gasteiger partial charge in [0.1, 0.15) is 5.75 Å². The van der Waals surface area contributed by atoms with Crippen LogP contribution in [-0.4, -0.2) is 31.1 Å². The fourth-order valence-corrected chi connectivity index (χ4v) is 2.95. The van der Waals surface area contributed by atoms with Crippen molar-refractivity contribution in [2.75, 3.05) is 20.2 Å². The van der Waals surface area contributed by atoms with Gasteiger partial charge in [0.2, 0.25) is 0 Å². The van der Waals surface area contributed by atoms with Crippen LogP contribution >= 0.6 is 0 Å². The molecule has 0 saturated carbocycles. The van der Waals surface area contributed by atoms with Crippen LogP contribution in [0.5, 0.6) is 5.75 Å². The molecule has 1 aliphatic carbocycles. The summed E-state index contributed by atoms with van der Waals surface area (Å²) in [4.78, 5) is 2.62. The summed E-state index contributed by atoms with van der Waals surface area (Å²) >= 11 is 0. The molecule has 1 aliphatic heterocycles. The average molecular weight is 217 g/mol. The molecule has 0 spiro atoms. The molecular formula is C14H19NO. The van der Waals surface area contributed by atoms with Crippen LogP contribution in [0.25, 0.3) is 0 Å². The topological polar surface area (TPSA) is 12.5 Å². The van der Waals surface area contributed by atoms with E-state index in [1.165, 1.54) is 49.9 Å². The lowest BCUT2D eigenvalue weighted by atomic mass is 9.86. The van der Waals surface area contributed by atoms with Crippen molar-refractivity contribution in [3.8, 4) is 5.75 Å². The summed E-state index contributed by atoms with van der Waals surface area (Å²) in [6.07, 6.45) is 5.10. The van der Waals surface area contributed by atoms with Crippen molar-refractivity contribution in [1.29, 1.82) is 0 Å². The zero-order valence-electron chi connectivity index (χ0n) is 9.91. The Labute approximate surface area is 97.2 Å². The number of fused-ring (bicyclic) bond motifs is 1. The fourth-order valence-electron chi connectivity index (χ4n) is 2.95. The number of aryl methyl sites for hydroxylation is 1. The van der Waals surface area contributed by atoms with Crippen molar-refractivity contribution in [2.45, 2.75) is 31.7 Å². The van der Waals surface area contributed by atoms with Crippen molar-refractivity contribution >= 4 is 0 Å². The second-order valence-electron chi connectivity index (χ2n) is 4.88. The van der Waals surface area contributed by atoms with E-state index in [4.69, 9.17) is 4.74 Å². The van der Waals surface area contributed by atoms with Crippen LogP contribution in [0.3, 0.4) is 0 Å². The van der Waals surface area contributed by atoms with E-state index in [9.17, 15) is 0 Å². The second kappa shape index (κ2) is 4.10. The molecule has 1 aromatic carbocycles. The molecule has 1 atom stereocenters. The maximum Gasteiger partial charge on any atom is 0.122 e. The van der Waals surface area contributed by atoms with Gasteiger partial charge in [-0.1, -0.05) is 12.1 Å². The molecule has 0 N–H and O–H groups in total. The SMILES string of the molecule is COc1cccc2c1CC(N1CCC1)CC2. The third-order valence-corrected chi connectivity index (χ3v) is 4.04. The number of methoxy groups -OCH3 is 1. The minimum Gasteiger partial charge on any atom is -0.496 e. The van der Waals surface area contributed by atoms with Crippen LogP contribution in [0.1, 0.15) is 24.0 Å². The molecule has 2 nitrogen and oxygen atoms in total.